The Labute approximate surface area is 116 Å². The predicted molar refractivity (Wildman–Crippen MR) is 70.7 cm³/mol. The molecule has 98 valence electrons. The summed E-state index contributed by atoms with van der Waals surface area (Å²) in [7, 11) is 0. The van der Waals surface area contributed by atoms with Crippen LogP contribution in [0.3, 0.4) is 0 Å². The van der Waals surface area contributed by atoms with E-state index in [0.717, 1.165) is 10.0 Å². The molecule has 2 aliphatic rings. The fraction of sp³-hybridized carbons (Fsp3) is 0.182. The molecule has 3 heterocycles. The quantitative estimate of drug-likeness (QED) is 0.361. The molecule has 2 amide bonds. The summed E-state index contributed by atoms with van der Waals surface area (Å²) in [5.74, 6) is -0.281. The summed E-state index contributed by atoms with van der Waals surface area (Å²) in [5, 5.41) is 5.26. The average Bonchev–Trinajstić information content (AvgIpc) is 2.83. The second-order valence-electron chi connectivity index (χ2n) is 4.24. The van der Waals surface area contributed by atoms with Crippen molar-refractivity contribution in [2.45, 2.75) is 6.42 Å². The van der Waals surface area contributed by atoms with Crippen LogP contribution >= 0.6 is 15.9 Å². The highest BCUT2D eigenvalue weighted by Gasteiger charge is 2.32. The Morgan fingerprint density at radius 1 is 1.32 bits per heavy atom. The van der Waals surface area contributed by atoms with Crippen molar-refractivity contribution in [2.24, 2.45) is 5.73 Å². The SMILES string of the molecule is NC1=[NH+]/C(=C2\CCNC(=O)c3[nH]cc(Br)c32)C(=O)N1. The van der Waals surface area contributed by atoms with Crippen LogP contribution < -0.4 is 21.4 Å². The van der Waals surface area contributed by atoms with Crippen LogP contribution in [0, 0.1) is 0 Å². The van der Waals surface area contributed by atoms with Crippen LogP contribution in [0.2, 0.25) is 0 Å². The number of H-pyrrole nitrogens is 1. The van der Waals surface area contributed by atoms with E-state index in [-0.39, 0.29) is 17.8 Å². The van der Waals surface area contributed by atoms with Crippen molar-refractivity contribution in [1.82, 2.24) is 15.6 Å². The zero-order chi connectivity index (χ0) is 13.6. The number of amides is 2. The number of rotatable bonds is 0. The standard InChI is InChI=1S/C11H10BrN5O2/c12-5-3-15-8-6(5)4(1-2-14-9(8)18)7-10(19)17-11(13)16-7/h3,15H,1-2H2,(H,14,18)(H3,13,16,17,19)/p+1/b7-4+. The van der Waals surface area contributed by atoms with Crippen molar-refractivity contribution in [3.05, 3.63) is 27.6 Å². The molecular weight excluding hydrogens is 314 g/mol. The third kappa shape index (κ3) is 1.84. The fourth-order valence-corrected chi connectivity index (χ4v) is 2.81. The van der Waals surface area contributed by atoms with Gasteiger partial charge in [-0.05, 0) is 22.4 Å². The van der Waals surface area contributed by atoms with Gasteiger partial charge in [-0.2, -0.15) is 0 Å². The molecule has 0 aromatic carbocycles. The molecule has 3 rings (SSSR count). The monoisotopic (exact) mass is 324 g/mol. The van der Waals surface area contributed by atoms with Gasteiger partial charge in [0.1, 0.15) is 5.69 Å². The number of guanidine groups is 1. The molecule has 0 fully saturated rings. The second-order valence-corrected chi connectivity index (χ2v) is 5.09. The number of nitrogens with one attached hydrogen (secondary N) is 4. The first-order valence-corrected chi connectivity index (χ1v) is 6.46. The van der Waals surface area contributed by atoms with E-state index in [0.29, 0.717) is 29.9 Å². The maximum atomic E-state index is 11.9. The zero-order valence-electron chi connectivity index (χ0n) is 9.76. The smallest absolute Gasteiger partial charge is 0.353 e. The number of carbonyl (C=O) groups excluding carboxylic acids is 2. The Morgan fingerprint density at radius 2 is 2.11 bits per heavy atom. The Hall–Kier alpha value is -2.09. The lowest BCUT2D eigenvalue weighted by Crippen LogP contribution is -2.71. The maximum Gasteiger partial charge on any atom is 0.353 e. The highest BCUT2D eigenvalue weighted by molar-refractivity contribution is 9.10. The van der Waals surface area contributed by atoms with E-state index >= 15 is 0 Å². The molecule has 19 heavy (non-hydrogen) atoms. The van der Waals surface area contributed by atoms with Crippen molar-refractivity contribution in [3.8, 4) is 0 Å². The summed E-state index contributed by atoms with van der Waals surface area (Å²) in [5.41, 5.74) is 7.83. The molecule has 0 saturated heterocycles. The number of hydrogen-bond acceptors (Lipinski definition) is 3. The molecule has 0 radical (unpaired) electrons. The van der Waals surface area contributed by atoms with E-state index in [1.54, 1.807) is 6.20 Å². The summed E-state index contributed by atoms with van der Waals surface area (Å²) >= 11 is 3.39. The lowest BCUT2D eigenvalue weighted by molar-refractivity contribution is -0.385. The largest absolute Gasteiger partial charge is 0.356 e. The molecule has 6 N–H and O–H groups in total. The molecule has 0 atom stereocenters. The lowest BCUT2D eigenvalue weighted by Gasteiger charge is -2.04. The van der Waals surface area contributed by atoms with Gasteiger partial charge in [0.2, 0.25) is 0 Å². The van der Waals surface area contributed by atoms with Crippen LogP contribution in [0.15, 0.2) is 16.4 Å². The third-order valence-corrected chi connectivity index (χ3v) is 3.68. The number of fused-ring (bicyclic) bond motifs is 1. The lowest BCUT2D eigenvalue weighted by atomic mass is 10.0. The van der Waals surface area contributed by atoms with Crippen LogP contribution in [-0.2, 0) is 4.79 Å². The molecule has 0 unspecified atom stereocenters. The van der Waals surface area contributed by atoms with Gasteiger partial charge in [0.05, 0.1) is 0 Å². The van der Waals surface area contributed by atoms with Crippen molar-refractivity contribution in [3.63, 3.8) is 0 Å². The number of nitrogens with two attached hydrogens (primary N) is 1. The maximum absolute atomic E-state index is 11.9. The highest BCUT2D eigenvalue weighted by atomic mass is 79.9. The van der Waals surface area contributed by atoms with Gasteiger partial charge in [-0.25, -0.2) is 15.1 Å². The van der Waals surface area contributed by atoms with Crippen LogP contribution in [0.4, 0.5) is 0 Å². The molecule has 0 saturated carbocycles. The van der Waals surface area contributed by atoms with Crippen molar-refractivity contribution < 1.29 is 14.6 Å². The number of halogens is 1. The Balaban J connectivity index is 2.25. The predicted octanol–water partition coefficient (Wildman–Crippen LogP) is -1.85. The average molecular weight is 325 g/mol. The third-order valence-electron chi connectivity index (χ3n) is 3.06. The molecule has 1 aromatic rings. The first-order valence-electron chi connectivity index (χ1n) is 5.67. The normalized spacial score (nSPS) is 22.5. The van der Waals surface area contributed by atoms with Gasteiger partial charge in [-0.3, -0.25) is 10.5 Å². The topological polar surface area (TPSA) is 114 Å². The van der Waals surface area contributed by atoms with Crippen molar-refractivity contribution in [1.29, 1.82) is 0 Å². The molecule has 8 heteroatoms. The number of aromatic nitrogens is 1. The van der Waals surface area contributed by atoms with Gasteiger partial charge in [0.15, 0.2) is 5.70 Å². The molecule has 0 aliphatic carbocycles. The molecule has 0 spiro atoms. The zero-order valence-corrected chi connectivity index (χ0v) is 11.3. The first-order chi connectivity index (χ1) is 9.08. The van der Waals surface area contributed by atoms with Gasteiger partial charge in [-0.15, -0.1) is 0 Å². The molecule has 1 aromatic heterocycles. The van der Waals surface area contributed by atoms with Gasteiger partial charge in [-0.1, -0.05) is 0 Å². The van der Waals surface area contributed by atoms with Crippen LogP contribution in [0.1, 0.15) is 22.5 Å². The molecule has 2 aliphatic heterocycles. The number of aromatic amines is 1. The summed E-state index contributed by atoms with van der Waals surface area (Å²) in [6.07, 6.45) is 2.22. The summed E-state index contributed by atoms with van der Waals surface area (Å²) in [6.45, 7) is 0.460. The molecular formula is C11H11BrN5O2+. The van der Waals surface area contributed by atoms with E-state index in [1.807, 2.05) is 0 Å². The van der Waals surface area contributed by atoms with Crippen molar-refractivity contribution in [2.75, 3.05) is 6.54 Å². The minimum atomic E-state index is -0.291. The first kappa shape index (κ1) is 12.0. The summed E-state index contributed by atoms with van der Waals surface area (Å²) in [6, 6.07) is 0. The number of hydrogen-bond donors (Lipinski definition) is 5. The summed E-state index contributed by atoms with van der Waals surface area (Å²) < 4.78 is 0.738. The summed E-state index contributed by atoms with van der Waals surface area (Å²) in [4.78, 5) is 29.5. The minimum absolute atomic E-state index is 0.188. The Morgan fingerprint density at radius 3 is 2.79 bits per heavy atom. The second kappa shape index (κ2) is 4.23. The highest BCUT2D eigenvalue weighted by Crippen LogP contribution is 2.32. The van der Waals surface area contributed by atoms with Gasteiger partial charge in [0, 0.05) is 28.4 Å². The van der Waals surface area contributed by atoms with Crippen LogP contribution in [0.5, 0.6) is 0 Å². The minimum Gasteiger partial charge on any atom is -0.356 e. The van der Waals surface area contributed by atoms with Crippen LogP contribution in [0.25, 0.3) is 5.57 Å². The van der Waals surface area contributed by atoms with E-state index in [1.165, 1.54) is 0 Å². The number of carbonyl (C=O) groups is 2. The van der Waals surface area contributed by atoms with Gasteiger partial charge >= 0.3 is 11.9 Å². The Kier molecular flexibility index (Phi) is 2.67. The Bertz CT molecular complexity index is 658. The fourth-order valence-electron chi connectivity index (χ4n) is 2.26. The van der Waals surface area contributed by atoms with Gasteiger partial charge in [0.25, 0.3) is 5.91 Å². The molecule has 0 bridgehead atoms. The van der Waals surface area contributed by atoms with E-state index in [4.69, 9.17) is 5.73 Å². The van der Waals surface area contributed by atoms with E-state index < -0.39 is 0 Å². The van der Waals surface area contributed by atoms with Gasteiger partial charge < -0.3 is 10.3 Å². The molecule has 7 nitrogen and oxygen atoms in total. The van der Waals surface area contributed by atoms with E-state index in [2.05, 4.69) is 36.5 Å². The van der Waals surface area contributed by atoms with E-state index in [9.17, 15) is 9.59 Å². The van der Waals surface area contributed by atoms with Crippen LogP contribution in [-0.4, -0.2) is 29.3 Å². The van der Waals surface area contributed by atoms with Crippen molar-refractivity contribution >= 4 is 39.3 Å².